The van der Waals surface area contributed by atoms with E-state index >= 15 is 0 Å². The molecule has 0 spiro atoms. The van der Waals surface area contributed by atoms with Crippen LogP contribution >= 0.6 is 15.9 Å². The minimum Gasteiger partial charge on any atom is -0.489 e. The Morgan fingerprint density at radius 3 is 2.86 bits per heavy atom. The summed E-state index contributed by atoms with van der Waals surface area (Å²) in [5.74, 6) is 0.701. The number of pyridine rings is 1. The monoisotopic (exact) mass is 343 g/mol. The third-order valence-corrected chi connectivity index (χ3v) is 3.75. The summed E-state index contributed by atoms with van der Waals surface area (Å²) in [5.41, 5.74) is 2.81. The van der Waals surface area contributed by atoms with Crippen LogP contribution in [0.2, 0.25) is 0 Å². The molecule has 0 aliphatic carbocycles. The summed E-state index contributed by atoms with van der Waals surface area (Å²) in [5, 5.41) is 10.5. The van der Waals surface area contributed by atoms with Crippen LogP contribution in [-0.2, 0) is 13.2 Å². The van der Waals surface area contributed by atoms with Gasteiger partial charge in [-0.3, -0.25) is 4.98 Å². The van der Waals surface area contributed by atoms with Crippen LogP contribution in [0, 0.1) is 0 Å². The van der Waals surface area contributed by atoms with Crippen molar-refractivity contribution in [3.63, 3.8) is 0 Å². The summed E-state index contributed by atoms with van der Waals surface area (Å²) in [7, 11) is 0. The van der Waals surface area contributed by atoms with Crippen molar-refractivity contribution < 1.29 is 9.84 Å². The molecule has 1 heterocycles. The Morgan fingerprint density at radius 1 is 1.10 bits per heavy atom. The summed E-state index contributed by atoms with van der Waals surface area (Å²) < 4.78 is 6.74. The van der Waals surface area contributed by atoms with Crippen molar-refractivity contribution >= 4 is 26.8 Å². The van der Waals surface area contributed by atoms with E-state index in [1.807, 2.05) is 42.5 Å². The first-order valence-electron chi connectivity index (χ1n) is 6.62. The zero-order valence-electron chi connectivity index (χ0n) is 11.3. The highest BCUT2D eigenvalue weighted by Gasteiger charge is 2.05. The highest BCUT2D eigenvalue weighted by atomic mass is 79.9. The van der Waals surface area contributed by atoms with Crippen molar-refractivity contribution in [1.82, 2.24) is 4.98 Å². The molecule has 0 fully saturated rings. The average Bonchev–Trinajstić information content (AvgIpc) is 2.53. The van der Waals surface area contributed by atoms with Gasteiger partial charge < -0.3 is 9.84 Å². The number of benzene rings is 2. The number of rotatable bonds is 4. The molecular formula is C17H14BrNO2. The molecule has 3 rings (SSSR count). The molecule has 0 saturated heterocycles. The van der Waals surface area contributed by atoms with Gasteiger partial charge in [0.15, 0.2) is 0 Å². The van der Waals surface area contributed by atoms with Gasteiger partial charge in [-0.05, 0) is 42.0 Å². The first-order chi connectivity index (χ1) is 10.3. The second kappa shape index (κ2) is 6.24. The third-order valence-electron chi connectivity index (χ3n) is 3.25. The lowest BCUT2D eigenvalue weighted by Crippen LogP contribution is -1.99. The second-order valence-corrected chi connectivity index (χ2v) is 5.64. The van der Waals surface area contributed by atoms with Gasteiger partial charge in [-0.1, -0.05) is 28.1 Å². The number of hydrogen-bond acceptors (Lipinski definition) is 3. The van der Waals surface area contributed by atoms with E-state index in [9.17, 15) is 5.11 Å². The predicted octanol–water partition coefficient (Wildman–Crippen LogP) is 4.07. The van der Waals surface area contributed by atoms with Crippen molar-refractivity contribution in [3.05, 3.63) is 70.3 Å². The molecule has 3 aromatic rings. The van der Waals surface area contributed by atoms with E-state index in [-0.39, 0.29) is 6.61 Å². The minimum atomic E-state index is -0.0452. The Balaban J connectivity index is 1.80. The first kappa shape index (κ1) is 14.0. The Labute approximate surface area is 131 Å². The van der Waals surface area contributed by atoms with E-state index in [0.717, 1.165) is 26.5 Å². The standard InChI is InChI=1S/C17H14BrNO2/c18-15-4-6-17(14(9-15)10-20)21-11-12-3-5-16-13(8-12)2-1-7-19-16/h1-9,20H,10-11H2. The molecule has 0 amide bonds. The molecule has 21 heavy (non-hydrogen) atoms. The molecule has 2 aromatic carbocycles. The molecule has 0 bridgehead atoms. The number of fused-ring (bicyclic) bond motifs is 1. The number of nitrogens with zero attached hydrogens (tertiary/aromatic N) is 1. The summed E-state index contributed by atoms with van der Waals surface area (Å²) in [6.07, 6.45) is 1.79. The van der Waals surface area contributed by atoms with Crippen molar-refractivity contribution in [2.24, 2.45) is 0 Å². The van der Waals surface area contributed by atoms with Gasteiger partial charge in [0.05, 0.1) is 12.1 Å². The Bertz CT molecular complexity index is 774. The normalized spacial score (nSPS) is 10.8. The van der Waals surface area contributed by atoms with Crippen molar-refractivity contribution in [2.45, 2.75) is 13.2 Å². The lowest BCUT2D eigenvalue weighted by Gasteiger charge is -2.11. The topological polar surface area (TPSA) is 42.4 Å². The Kier molecular flexibility index (Phi) is 4.18. The molecule has 106 valence electrons. The third kappa shape index (κ3) is 3.23. The maximum atomic E-state index is 9.37. The van der Waals surface area contributed by atoms with Gasteiger partial charge in [-0.2, -0.15) is 0 Å². The largest absolute Gasteiger partial charge is 0.489 e. The van der Waals surface area contributed by atoms with Gasteiger partial charge in [0, 0.05) is 21.6 Å². The van der Waals surface area contributed by atoms with Crippen LogP contribution in [0.25, 0.3) is 10.9 Å². The first-order valence-corrected chi connectivity index (χ1v) is 7.41. The van der Waals surface area contributed by atoms with E-state index in [1.165, 1.54) is 0 Å². The molecule has 4 heteroatoms. The van der Waals surface area contributed by atoms with Crippen LogP contribution in [0.15, 0.2) is 59.2 Å². The number of halogens is 1. The molecular weight excluding hydrogens is 330 g/mol. The van der Waals surface area contributed by atoms with Gasteiger partial charge in [0.2, 0.25) is 0 Å². The van der Waals surface area contributed by atoms with E-state index in [1.54, 1.807) is 6.20 Å². The molecule has 0 aliphatic heterocycles. The quantitative estimate of drug-likeness (QED) is 0.776. The number of ether oxygens (including phenoxy) is 1. The number of aliphatic hydroxyl groups is 1. The summed E-state index contributed by atoms with van der Waals surface area (Å²) in [4.78, 5) is 4.30. The van der Waals surface area contributed by atoms with E-state index in [4.69, 9.17) is 4.74 Å². The van der Waals surface area contributed by atoms with Crippen LogP contribution in [0.5, 0.6) is 5.75 Å². The van der Waals surface area contributed by atoms with Gasteiger partial charge in [-0.15, -0.1) is 0 Å². The summed E-state index contributed by atoms with van der Waals surface area (Å²) >= 11 is 3.39. The van der Waals surface area contributed by atoms with Crippen LogP contribution in [-0.4, -0.2) is 10.1 Å². The molecule has 0 atom stereocenters. The smallest absolute Gasteiger partial charge is 0.125 e. The summed E-state index contributed by atoms with van der Waals surface area (Å²) in [6.45, 7) is 0.413. The van der Waals surface area contributed by atoms with Crippen LogP contribution in [0.4, 0.5) is 0 Å². The molecule has 1 aromatic heterocycles. The molecule has 1 N–H and O–H groups in total. The van der Waals surface area contributed by atoms with Crippen molar-refractivity contribution in [2.75, 3.05) is 0 Å². The van der Waals surface area contributed by atoms with Crippen molar-refractivity contribution in [1.29, 1.82) is 0 Å². The molecule has 0 saturated carbocycles. The van der Waals surface area contributed by atoms with Crippen LogP contribution < -0.4 is 4.74 Å². The predicted molar refractivity (Wildman–Crippen MR) is 86.1 cm³/mol. The van der Waals surface area contributed by atoms with Crippen LogP contribution in [0.3, 0.4) is 0 Å². The van der Waals surface area contributed by atoms with E-state index in [0.29, 0.717) is 12.4 Å². The zero-order valence-corrected chi connectivity index (χ0v) is 12.9. The second-order valence-electron chi connectivity index (χ2n) is 4.73. The van der Waals surface area contributed by atoms with Gasteiger partial charge in [0.1, 0.15) is 12.4 Å². The highest BCUT2D eigenvalue weighted by molar-refractivity contribution is 9.10. The summed E-state index contributed by atoms with van der Waals surface area (Å²) in [6, 6.07) is 15.6. The molecule has 0 radical (unpaired) electrons. The maximum Gasteiger partial charge on any atom is 0.125 e. The highest BCUT2D eigenvalue weighted by Crippen LogP contribution is 2.24. The van der Waals surface area contributed by atoms with Gasteiger partial charge >= 0.3 is 0 Å². The fourth-order valence-corrected chi connectivity index (χ4v) is 2.60. The fraction of sp³-hybridized carbons (Fsp3) is 0.118. The average molecular weight is 344 g/mol. The van der Waals surface area contributed by atoms with Crippen molar-refractivity contribution in [3.8, 4) is 5.75 Å². The van der Waals surface area contributed by atoms with Crippen LogP contribution in [0.1, 0.15) is 11.1 Å². The lowest BCUT2D eigenvalue weighted by atomic mass is 10.1. The van der Waals surface area contributed by atoms with Gasteiger partial charge in [0.25, 0.3) is 0 Å². The molecule has 0 unspecified atom stereocenters. The zero-order chi connectivity index (χ0) is 14.7. The lowest BCUT2D eigenvalue weighted by molar-refractivity contribution is 0.259. The Hall–Kier alpha value is -1.91. The maximum absolute atomic E-state index is 9.37. The number of aliphatic hydroxyl groups excluding tert-OH is 1. The number of aromatic nitrogens is 1. The molecule has 3 nitrogen and oxygen atoms in total. The number of hydrogen-bond donors (Lipinski definition) is 1. The van der Waals surface area contributed by atoms with E-state index < -0.39 is 0 Å². The van der Waals surface area contributed by atoms with Gasteiger partial charge in [-0.25, -0.2) is 0 Å². The molecule has 0 aliphatic rings. The fourth-order valence-electron chi connectivity index (χ4n) is 2.19. The Morgan fingerprint density at radius 2 is 2.00 bits per heavy atom. The SMILES string of the molecule is OCc1cc(Br)ccc1OCc1ccc2ncccc2c1. The van der Waals surface area contributed by atoms with E-state index in [2.05, 4.69) is 27.0 Å². The minimum absolute atomic E-state index is 0.0452.